The third-order valence-electron chi connectivity index (χ3n) is 4.43. The zero-order chi connectivity index (χ0) is 17.9. The van der Waals surface area contributed by atoms with E-state index in [1.165, 1.54) is 0 Å². The van der Waals surface area contributed by atoms with Crippen LogP contribution in [0.5, 0.6) is 11.5 Å². The van der Waals surface area contributed by atoms with Crippen LogP contribution >= 0.6 is 0 Å². The Bertz CT molecular complexity index is 735. The minimum atomic E-state index is -3.21. The number of sulfonamides is 1. The molecule has 25 heavy (non-hydrogen) atoms. The van der Waals surface area contributed by atoms with E-state index >= 15 is 0 Å². The summed E-state index contributed by atoms with van der Waals surface area (Å²) in [5, 5.41) is 0. The highest BCUT2D eigenvalue weighted by Gasteiger charge is 2.26. The van der Waals surface area contributed by atoms with Crippen molar-refractivity contribution >= 4 is 15.9 Å². The highest BCUT2D eigenvalue weighted by Crippen LogP contribution is 2.31. The average molecular weight is 368 g/mol. The van der Waals surface area contributed by atoms with E-state index in [1.807, 2.05) is 0 Å². The lowest BCUT2D eigenvalue weighted by Crippen LogP contribution is -2.43. The van der Waals surface area contributed by atoms with Gasteiger partial charge in [0, 0.05) is 31.6 Å². The molecular weight excluding hydrogens is 344 g/mol. The summed E-state index contributed by atoms with van der Waals surface area (Å²) in [4.78, 5) is 14.6. The maximum absolute atomic E-state index is 12.8. The van der Waals surface area contributed by atoms with Crippen LogP contribution in [-0.2, 0) is 10.0 Å². The third kappa shape index (κ3) is 4.85. The second-order valence-corrected chi connectivity index (χ2v) is 8.43. The van der Waals surface area contributed by atoms with E-state index < -0.39 is 10.0 Å². The first-order chi connectivity index (χ1) is 11.9. The fraction of sp³-hybridized carbons (Fsp3) is 0.588. The van der Waals surface area contributed by atoms with E-state index in [0.29, 0.717) is 49.9 Å². The Labute approximate surface area is 148 Å². The van der Waals surface area contributed by atoms with Gasteiger partial charge in [0.25, 0.3) is 5.91 Å². The van der Waals surface area contributed by atoms with Gasteiger partial charge in [-0.1, -0.05) is 0 Å². The molecule has 8 heteroatoms. The van der Waals surface area contributed by atoms with Crippen molar-refractivity contribution in [2.75, 3.05) is 39.1 Å². The lowest BCUT2D eigenvalue weighted by atomic mass is 9.97. The van der Waals surface area contributed by atoms with Gasteiger partial charge in [-0.25, -0.2) is 13.1 Å². The fourth-order valence-corrected chi connectivity index (χ4v) is 3.70. The second kappa shape index (κ2) is 7.61. The number of rotatable bonds is 4. The van der Waals surface area contributed by atoms with Gasteiger partial charge in [-0.3, -0.25) is 4.79 Å². The Kier molecular flexibility index (Phi) is 5.48. The molecule has 0 saturated carbocycles. The van der Waals surface area contributed by atoms with Crippen molar-refractivity contribution in [3.8, 4) is 11.5 Å². The van der Waals surface area contributed by atoms with Crippen molar-refractivity contribution < 1.29 is 22.7 Å². The number of benzene rings is 1. The Morgan fingerprint density at radius 2 is 2.00 bits per heavy atom. The Morgan fingerprint density at radius 3 is 2.76 bits per heavy atom. The highest BCUT2D eigenvalue weighted by molar-refractivity contribution is 7.88. The molecule has 0 unspecified atom stereocenters. The Morgan fingerprint density at radius 1 is 1.24 bits per heavy atom. The van der Waals surface area contributed by atoms with E-state index in [4.69, 9.17) is 9.47 Å². The van der Waals surface area contributed by atoms with Crippen molar-refractivity contribution in [1.82, 2.24) is 9.62 Å². The first-order valence-electron chi connectivity index (χ1n) is 8.56. The number of hydrogen-bond acceptors (Lipinski definition) is 5. The molecule has 1 aromatic carbocycles. The van der Waals surface area contributed by atoms with Gasteiger partial charge in [-0.15, -0.1) is 0 Å². The molecule has 3 rings (SSSR count). The lowest BCUT2D eigenvalue weighted by Gasteiger charge is -2.33. The van der Waals surface area contributed by atoms with Crippen molar-refractivity contribution in [3.63, 3.8) is 0 Å². The molecule has 1 atom stereocenters. The van der Waals surface area contributed by atoms with Gasteiger partial charge in [0.05, 0.1) is 19.5 Å². The molecule has 0 aliphatic carbocycles. The second-order valence-electron chi connectivity index (χ2n) is 6.59. The van der Waals surface area contributed by atoms with E-state index in [9.17, 15) is 13.2 Å². The van der Waals surface area contributed by atoms with E-state index in [1.54, 1.807) is 23.1 Å². The van der Waals surface area contributed by atoms with Crippen molar-refractivity contribution in [3.05, 3.63) is 23.8 Å². The van der Waals surface area contributed by atoms with Crippen LogP contribution in [0.15, 0.2) is 18.2 Å². The van der Waals surface area contributed by atoms with Gasteiger partial charge in [0.15, 0.2) is 11.5 Å². The quantitative estimate of drug-likeness (QED) is 0.865. The molecule has 1 fully saturated rings. The van der Waals surface area contributed by atoms with E-state index in [2.05, 4.69) is 4.72 Å². The summed E-state index contributed by atoms with van der Waals surface area (Å²) in [5.41, 5.74) is 0.570. The van der Waals surface area contributed by atoms with Crippen LogP contribution < -0.4 is 14.2 Å². The smallest absolute Gasteiger partial charge is 0.254 e. The zero-order valence-corrected chi connectivity index (χ0v) is 15.2. The molecule has 0 radical (unpaired) electrons. The number of carbonyl (C=O) groups is 1. The normalized spacial score (nSPS) is 20.8. The van der Waals surface area contributed by atoms with Crippen LogP contribution in [0.3, 0.4) is 0 Å². The van der Waals surface area contributed by atoms with Gasteiger partial charge in [0.2, 0.25) is 10.0 Å². The molecule has 2 heterocycles. The van der Waals surface area contributed by atoms with Crippen LogP contribution in [0.1, 0.15) is 29.6 Å². The molecule has 2 aliphatic heterocycles. The molecule has 1 N–H and O–H groups in total. The molecule has 1 saturated heterocycles. The average Bonchev–Trinajstić information content (AvgIpc) is 2.83. The number of piperidine rings is 1. The van der Waals surface area contributed by atoms with E-state index in [-0.39, 0.29) is 11.8 Å². The number of ether oxygens (including phenoxy) is 2. The molecule has 138 valence electrons. The fourth-order valence-electron chi connectivity index (χ4n) is 3.16. The van der Waals surface area contributed by atoms with Gasteiger partial charge in [-0.05, 0) is 37.0 Å². The Hall–Kier alpha value is -1.80. The van der Waals surface area contributed by atoms with E-state index in [0.717, 1.165) is 25.5 Å². The Balaban J connectivity index is 1.67. The van der Waals surface area contributed by atoms with Crippen LogP contribution in [0, 0.1) is 5.92 Å². The summed E-state index contributed by atoms with van der Waals surface area (Å²) >= 11 is 0. The number of likely N-dealkylation sites (tertiary alicyclic amines) is 1. The summed E-state index contributed by atoms with van der Waals surface area (Å²) in [5.74, 6) is 1.35. The molecular formula is C17H24N2O5S. The van der Waals surface area contributed by atoms with Crippen LogP contribution in [0.25, 0.3) is 0 Å². The predicted molar refractivity (Wildman–Crippen MR) is 93.5 cm³/mol. The minimum absolute atomic E-state index is 0.0558. The number of amides is 1. The van der Waals surface area contributed by atoms with Crippen molar-refractivity contribution in [2.24, 2.45) is 5.92 Å². The van der Waals surface area contributed by atoms with Gasteiger partial charge in [0.1, 0.15) is 0 Å². The molecule has 0 bridgehead atoms. The monoisotopic (exact) mass is 368 g/mol. The molecule has 2 aliphatic rings. The maximum Gasteiger partial charge on any atom is 0.254 e. The minimum Gasteiger partial charge on any atom is -0.490 e. The lowest BCUT2D eigenvalue weighted by molar-refractivity contribution is 0.0676. The molecule has 1 amide bonds. The third-order valence-corrected chi connectivity index (χ3v) is 5.13. The predicted octanol–water partition coefficient (Wildman–Crippen LogP) is 1.25. The van der Waals surface area contributed by atoms with Crippen LogP contribution in [0.4, 0.5) is 0 Å². The maximum atomic E-state index is 12.8. The summed E-state index contributed by atoms with van der Waals surface area (Å²) in [7, 11) is -3.21. The SMILES string of the molecule is CS(=O)(=O)NC[C@@H]1CCCN(C(=O)c2ccc3c(c2)OCCCO3)C1. The molecule has 1 aromatic rings. The van der Waals surface area contributed by atoms with Crippen molar-refractivity contribution in [1.29, 1.82) is 0 Å². The topological polar surface area (TPSA) is 84.9 Å². The first-order valence-corrected chi connectivity index (χ1v) is 10.4. The molecule has 7 nitrogen and oxygen atoms in total. The highest BCUT2D eigenvalue weighted by atomic mass is 32.2. The first kappa shape index (κ1) is 18.0. The van der Waals surface area contributed by atoms with Crippen LogP contribution in [-0.4, -0.2) is 58.3 Å². The van der Waals surface area contributed by atoms with Crippen LogP contribution in [0.2, 0.25) is 0 Å². The summed E-state index contributed by atoms with van der Waals surface area (Å²) < 4.78 is 36.3. The van der Waals surface area contributed by atoms with Gasteiger partial charge >= 0.3 is 0 Å². The number of carbonyl (C=O) groups excluding carboxylic acids is 1. The number of nitrogens with zero attached hydrogens (tertiary/aromatic N) is 1. The summed E-state index contributed by atoms with van der Waals surface area (Å²) in [6.07, 6.45) is 3.75. The largest absolute Gasteiger partial charge is 0.490 e. The number of nitrogens with one attached hydrogen (secondary N) is 1. The standard InChI is InChI=1S/C17H24N2O5S/c1-25(21,22)18-11-13-4-2-7-19(12-13)17(20)14-5-6-15-16(10-14)24-9-3-8-23-15/h5-6,10,13,18H,2-4,7-9,11-12H2,1H3/t13-/m0/s1. The van der Waals surface area contributed by atoms with Crippen molar-refractivity contribution in [2.45, 2.75) is 19.3 Å². The molecule has 0 spiro atoms. The number of fused-ring (bicyclic) bond motifs is 1. The van der Waals surface area contributed by atoms with Gasteiger partial charge in [-0.2, -0.15) is 0 Å². The zero-order valence-electron chi connectivity index (χ0n) is 14.4. The van der Waals surface area contributed by atoms with Gasteiger partial charge < -0.3 is 14.4 Å². The summed E-state index contributed by atoms with van der Waals surface area (Å²) in [6.45, 7) is 2.79. The summed E-state index contributed by atoms with van der Waals surface area (Å²) in [6, 6.07) is 5.27. The number of hydrogen-bond donors (Lipinski definition) is 1. The molecule has 0 aromatic heterocycles.